The lowest BCUT2D eigenvalue weighted by Gasteiger charge is -2.26. The van der Waals surface area contributed by atoms with Gasteiger partial charge in [-0.05, 0) is 0 Å². The van der Waals surface area contributed by atoms with E-state index < -0.39 is 62.4 Å². The summed E-state index contributed by atoms with van der Waals surface area (Å²) in [5.74, 6) is 0.155. The van der Waals surface area contributed by atoms with E-state index in [0.717, 1.165) is 0 Å². The summed E-state index contributed by atoms with van der Waals surface area (Å²) in [5, 5.41) is 49.2. The monoisotopic (exact) mass is 399 g/mol. The van der Waals surface area contributed by atoms with Crippen molar-refractivity contribution < 1.29 is 39.7 Å². The first-order chi connectivity index (χ1) is 13.5. The molecule has 4 heterocycles. The number of fused-ring (bicyclic) bond motifs is 1. The molecule has 154 valence electrons. The number of hydrogen-bond donors (Lipinski definition) is 6. The van der Waals surface area contributed by atoms with Crippen molar-refractivity contribution in [2.75, 3.05) is 18.9 Å². The molecule has 2 aromatic heterocycles. The number of nitrogens with two attached hydrogens (primary N) is 1. The molecule has 2 aliphatic heterocycles. The molecular weight excluding hydrogens is 378 g/mol. The quantitative estimate of drug-likeness (QED) is 0.290. The fourth-order valence-corrected chi connectivity index (χ4v) is 3.43. The van der Waals surface area contributed by atoms with Crippen LogP contribution in [0.3, 0.4) is 0 Å². The highest BCUT2D eigenvalue weighted by Crippen LogP contribution is 2.36. The van der Waals surface area contributed by atoms with E-state index in [1.165, 1.54) is 17.2 Å². The third kappa shape index (κ3) is 3.01. The van der Waals surface area contributed by atoms with E-state index in [2.05, 4.69) is 15.0 Å². The molecular formula is C15H21N5O8. The first kappa shape index (κ1) is 19.4. The van der Waals surface area contributed by atoms with E-state index in [4.69, 9.17) is 19.9 Å². The van der Waals surface area contributed by atoms with Crippen LogP contribution >= 0.6 is 0 Å². The Bertz CT molecular complexity index is 836. The normalized spacial score (nSPS) is 38.5. The summed E-state index contributed by atoms with van der Waals surface area (Å²) < 4.78 is 18.2. The smallest absolute Gasteiger partial charge is 0.187 e. The summed E-state index contributed by atoms with van der Waals surface area (Å²) in [6, 6.07) is 0. The van der Waals surface area contributed by atoms with Gasteiger partial charge in [0.1, 0.15) is 48.5 Å². The minimum Gasteiger partial charge on any atom is -0.394 e. The average molecular weight is 399 g/mol. The summed E-state index contributed by atoms with van der Waals surface area (Å²) in [6.45, 7) is -1.01. The molecule has 0 radical (unpaired) electrons. The zero-order chi connectivity index (χ0) is 20.0. The fraction of sp³-hybridized carbons (Fsp3) is 0.667. The van der Waals surface area contributed by atoms with Crippen molar-refractivity contribution in [1.29, 1.82) is 0 Å². The van der Waals surface area contributed by atoms with Crippen LogP contribution in [0.1, 0.15) is 6.23 Å². The Balaban J connectivity index is 1.64. The average Bonchev–Trinajstić information content (AvgIpc) is 3.33. The Kier molecular flexibility index (Phi) is 5.15. The van der Waals surface area contributed by atoms with E-state index in [1.54, 1.807) is 0 Å². The van der Waals surface area contributed by atoms with E-state index in [9.17, 15) is 25.5 Å². The number of rotatable bonds is 5. The van der Waals surface area contributed by atoms with Crippen LogP contribution in [-0.4, -0.2) is 101 Å². The molecule has 2 saturated heterocycles. The molecule has 28 heavy (non-hydrogen) atoms. The molecule has 0 amide bonds. The number of aliphatic hydroxyl groups excluding tert-OH is 5. The van der Waals surface area contributed by atoms with E-state index in [1.807, 2.05) is 0 Å². The van der Waals surface area contributed by atoms with Crippen molar-refractivity contribution in [3.8, 4) is 0 Å². The van der Waals surface area contributed by atoms with E-state index >= 15 is 0 Å². The number of hydrogen-bond acceptors (Lipinski definition) is 12. The lowest BCUT2D eigenvalue weighted by atomic mass is 10.1. The highest BCUT2D eigenvalue weighted by atomic mass is 16.7. The molecule has 0 aromatic carbocycles. The number of aliphatic hydroxyl groups is 5. The van der Waals surface area contributed by atoms with Crippen molar-refractivity contribution in [2.45, 2.75) is 49.1 Å². The summed E-state index contributed by atoms with van der Waals surface area (Å²) in [4.78, 5) is 12.1. The zero-order valence-corrected chi connectivity index (χ0v) is 14.5. The number of imidazole rings is 1. The summed E-state index contributed by atoms with van der Waals surface area (Å²) in [5.41, 5.74) is 6.42. The van der Waals surface area contributed by atoms with Gasteiger partial charge in [0, 0.05) is 0 Å². The Morgan fingerprint density at radius 3 is 2.39 bits per heavy atom. The molecule has 8 atom stereocenters. The molecule has 2 aliphatic rings. The van der Waals surface area contributed by atoms with Crippen LogP contribution in [0.25, 0.3) is 11.2 Å². The SMILES string of the molecule is Nc1ncnc2c1ncn2[C@@H]1O[C@H](CO)C(O)[C@@H]1O[C@@H]1O[C@@H](CO)C(O)C1O. The number of anilines is 1. The van der Waals surface area contributed by atoms with Crippen LogP contribution in [0, 0.1) is 0 Å². The van der Waals surface area contributed by atoms with Gasteiger partial charge in [0.15, 0.2) is 24.0 Å². The lowest BCUT2D eigenvalue weighted by molar-refractivity contribution is -0.219. The molecule has 3 unspecified atom stereocenters. The van der Waals surface area contributed by atoms with Crippen molar-refractivity contribution in [1.82, 2.24) is 19.5 Å². The van der Waals surface area contributed by atoms with Gasteiger partial charge in [-0.15, -0.1) is 0 Å². The summed E-state index contributed by atoms with van der Waals surface area (Å²) in [7, 11) is 0. The molecule has 4 rings (SSSR count). The third-order valence-corrected chi connectivity index (χ3v) is 4.94. The summed E-state index contributed by atoms with van der Waals surface area (Å²) in [6.07, 6.45) is -6.93. The van der Waals surface area contributed by atoms with Gasteiger partial charge < -0.3 is 45.5 Å². The number of nitrogens with zero attached hydrogens (tertiary/aromatic N) is 4. The molecule has 0 saturated carbocycles. The Morgan fingerprint density at radius 2 is 1.71 bits per heavy atom. The molecule has 0 aliphatic carbocycles. The Hall–Kier alpha value is -1.97. The molecule has 13 nitrogen and oxygen atoms in total. The maximum Gasteiger partial charge on any atom is 0.187 e. The first-order valence-corrected chi connectivity index (χ1v) is 8.61. The summed E-state index contributed by atoms with van der Waals surface area (Å²) >= 11 is 0. The van der Waals surface area contributed by atoms with Gasteiger partial charge >= 0.3 is 0 Å². The number of ether oxygens (including phenoxy) is 3. The molecule has 2 fully saturated rings. The van der Waals surface area contributed by atoms with Crippen LogP contribution in [0.4, 0.5) is 5.82 Å². The lowest BCUT2D eigenvalue weighted by Crippen LogP contribution is -2.42. The maximum atomic E-state index is 10.5. The number of nitrogen functional groups attached to an aromatic ring is 1. The van der Waals surface area contributed by atoms with Crippen molar-refractivity contribution in [3.05, 3.63) is 12.7 Å². The van der Waals surface area contributed by atoms with Gasteiger partial charge in [-0.1, -0.05) is 0 Å². The molecule has 0 spiro atoms. The fourth-order valence-electron chi connectivity index (χ4n) is 3.43. The molecule has 7 N–H and O–H groups in total. The second-order valence-electron chi connectivity index (χ2n) is 6.63. The first-order valence-electron chi connectivity index (χ1n) is 8.61. The predicted octanol–water partition coefficient (Wildman–Crippen LogP) is -3.52. The Morgan fingerprint density at radius 1 is 1.00 bits per heavy atom. The van der Waals surface area contributed by atoms with Crippen LogP contribution < -0.4 is 5.73 Å². The van der Waals surface area contributed by atoms with Gasteiger partial charge in [-0.2, -0.15) is 0 Å². The molecule has 2 aromatic rings. The van der Waals surface area contributed by atoms with Crippen LogP contribution in [0.5, 0.6) is 0 Å². The van der Waals surface area contributed by atoms with Crippen molar-refractivity contribution in [3.63, 3.8) is 0 Å². The van der Waals surface area contributed by atoms with Gasteiger partial charge in [0.2, 0.25) is 0 Å². The number of aromatic nitrogens is 4. The van der Waals surface area contributed by atoms with Gasteiger partial charge in [-0.25, -0.2) is 15.0 Å². The minimum absolute atomic E-state index is 0.155. The van der Waals surface area contributed by atoms with Gasteiger partial charge in [-0.3, -0.25) is 4.57 Å². The van der Waals surface area contributed by atoms with Gasteiger partial charge in [0.05, 0.1) is 19.5 Å². The van der Waals surface area contributed by atoms with Crippen molar-refractivity contribution in [2.24, 2.45) is 0 Å². The largest absolute Gasteiger partial charge is 0.394 e. The van der Waals surface area contributed by atoms with Crippen LogP contribution in [0.2, 0.25) is 0 Å². The topological polar surface area (TPSA) is 198 Å². The van der Waals surface area contributed by atoms with E-state index in [-0.39, 0.29) is 5.82 Å². The van der Waals surface area contributed by atoms with Crippen molar-refractivity contribution >= 4 is 17.0 Å². The second kappa shape index (κ2) is 7.46. The third-order valence-electron chi connectivity index (χ3n) is 4.94. The minimum atomic E-state index is -1.45. The van der Waals surface area contributed by atoms with E-state index in [0.29, 0.717) is 11.2 Å². The Labute approximate surface area is 157 Å². The van der Waals surface area contributed by atoms with Crippen LogP contribution in [-0.2, 0) is 14.2 Å². The highest BCUT2D eigenvalue weighted by Gasteiger charge is 2.51. The molecule has 0 bridgehead atoms. The maximum absolute atomic E-state index is 10.5. The predicted molar refractivity (Wildman–Crippen MR) is 89.4 cm³/mol. The second-order valence-corrected chi connectivity index (χ2v) is 6.63. The highest BCUT2D eigenvalue weighted by molar-refractivity contribution is 5.81. The van der Waals surface area contributed by atoms with Gasteiger partial charge in [0.25, 0.3) is 0 Å². The molecule has 13 heteroatoms. The standard InChI is InChI=1S/C15H21N5O8/c16-12-7-13(18-3-17-12)20(4-19-7)14-11(9(24)6(2-22)26-14)28-15-10(25)8(23)5(1-21)27-15/h3-6,8-11,14-15,21-25H,1-2H2,(H2,16,17,18)/t5-,6+,8?,9?,10?,11-,14+,15-/m0/s1. The van der Waals surface area contributed by atoms with Crippen LogP contribution in [0.15, 0.2) is 12.7 Å². The zero-order valence-electron chi connectivity index (χ0n) is 14.5.